The van der Waals surface area contributed by atoms with E-state index in [1.54, 1.807) is 6.92 Å². The maximum Gasteiger partial charge on any atom is 0.278 e. The zero-order valence-electron chi connectivity index (χ0n) is 8.96. The molecule has 0 atom stereocenters. The summed E-state index contributed by atoms with van der Waals surface area (Å²) in [6, 6.07) is 0. The number of nitrogens with one attached hydrogen (secondary N) is 2. The monoisotopic (exact) mass is 305 g/mol. The van der Waals surface area contributed by atoms with Crippen LogP contribution < -0.4 is 5.32 Å². The van der Waals surface area contributed by atoms with Crippen LogP contribution in [-0.2, 0) is 0 Å². The van der Waals surface area contributed by atoms with Crippen LogP contribution in [0.1, 0.15) is 16.3 Å². The third kappa shape index (κ3) is 2.55. The predicted octanol–water partition coefficient (Wildman–Crippen LogP) is 2.72. The number of halogens is 3. The van der Waals surface area contributed by atoms with Crippen LogP contribution in [0.3, 0.4) is 0 Å². The van der Waals surface area contributed by atoms with E-state index in [0.717, 1.165) is 0 Å². The van der Waals surface area contributed by atoms with Crippen LogP contribution in [0.5, 0.6) is 0 Å². The predicted molar refractivity (Wildman–Crippen MR) is 68.3 cm³/mol. The second-order valence-electron chi connectivity index (χ2n) is 3.28. The number of rotatable bonds is 2. The van der Waals surface area contributed by atoms with Crippen molar-refractivity contribution in [2.45, 2.75) is 6.92 Å². The number of H-pyrrole nitrogens is 1. The first-order valence-electron chi connectivity index (χ1n) is 4.69. The van der Waals surface area contributed by atoms with Crippen molar-refractivity contribution < 1.29 is 4.79 Å². The molecule has 2 aromatic heterocycles. The summed E-state index contributed by atoms with van der Waals surface area (Å²) in [5, 5.41) is 8.99. The SMILES string of the molecule is Cc1nc(NC(=O)c2ncc(Cl)c(Cl)c2Cl)n[nH]1. The maximum atomic E-state index is 11.9. The second-order valence-corrected chi connectivity index (χ2v) is 4.44. The van der Waals surface area contributed by atoms with E-state index in [9.17, 15) is 4.79 Å². The Balaban J connectivity index is 2.27. The van der Waals surface area contributed by atoms with E-state index < -0.39 is 5.91 Å². The molecule has 9 heteroatoms. The molecule has 1 amide bonds. The van der Waals surface area contributed by atoms with Gasteiger partial charge in [-0.25, -0.2) is 4.98 Å². The van der Waals surface area contributed by atoms with Crippen molar-refractivity contribution in [1.82, 2.24) is 20.2 Å². The minimum Gasteiger partial charge on any atom is -0.288 e. The van der Waals surface area contributed by atoms with Gasteiger partial charge in [-0.05, 0) is 6.92 Å². The molecule has 0 aliphatic heterocycles. The Bertz CT molecular complexity index is 612. The number of aromatic amines is 1. The Kier molecular flexibility index (Phi) is 3.70. The van der Waals surface area contributed by atoms with E-state index in [1.165, 1.54) is 6.20 Å². The second kappa shape index (κ2) is 5.09. The van der Waals surface area contributed by atoms with Gasteiger partial charge >= 0.3 is 0 Å². The fraction of sp³-hybridized carbons (Fsp3) is 0.111. The summed E-state index contributed by atoms with van der Waals surface area (Å²) in [6.07, 6.45) is 1.24. The van der Waals surface area contributed by atoms with Gasteiger partial charge in [-0.1, -0.05) is 34.8 Å². The van der Waals surface area contributed by atoms with E-state index in [-0.39, 0.29) is 26.7 Å². The molecule has 94 valence electrons. The molecule has 0 radical (unpaired) electrons. The van der Waals surface area contributed by atoms with Gasteiger partial charge in [0.15, 0.2) is 0 Å². The number of nitrogens with zero attached hydrogens (tertiary/aromatic N) is 3. The van der Waals surface area contributed by atoms with Crippen molar-refractivity contribution in [2.75, 3.05) is 5.32 Å². The summed E-state index contributed by atoms with van der Waals surface area (Å²) >= 11 is 17.4. The Morgan fingerprint density at radius 1 is 1.33 bits per heavy atom. The number of carbonyl (C=O) groups is 1. The molecule has 6 nitrogen and oxygen atoms in total. The van der Waals surface area contributed by atoms with Gasteiger partial charge in [0.25, 0.3) is 5.91 Å². The van der Waals surface area contributed by atoms with Crippen LogP contribution in [0.4, 0.5) is 5.95 Å². The molecule has 2 N–H and O–H groups in total. The lowest BCUT2D eigenvalue weighted by atomic mass is 10.3. The highest BCUT2D eigenvalue weighted by Crippen LogP contribution is 2.31. The summed E-state index contributed by atoms with van der Waals surface area (Å²) in [5.41, 5.74) is -0.0477. The molecule has 2 rings (SSSR count). The normalized spacial score (nSPS) is 10.4. The van der Waals surface area contributed by atoms with E-state index in [0.29, 0.717) is 5.82 Å². The lowest BCUT2D eigenvalue weighted by Crippen LogP contribution is -2.15. The topological polar surface area (TPSA) is 83.6 Å². The summed E-state index contributed by atoms with van der Waals surface area (Å²) in [5.74, 6) is 0.123. The summed E-state index contributed by atoms with van der Waals surface area (Å²) in [7, 11) is 0. The molecule has 18 heavy (non-hydrogen) atoms. The fourth-order valence-electron chi connectivity index (χ4n) is 1.16. The van der Waals surface area contributed by atoms with E-state index in [1.807, 2.05) is 0 Å². The van der Waals surface area contributed by atoms with Crippen LogP contribution in [0.15, 0.2) is 6.20 Å². The lowest BCUT2D eigenvalue weighted by Gasteiger charge is -2.04. The highest BCUT2D eigenvalue weighted by atomic mass is 35.5. The van der Waals surface area contributed by atoms with Crippen LogP contribution in [0.2, 0.25) is 15.1 Å². The first-order chi connectivity index (χ1) is 8.49. The number of hydrogen-bond acceptors (Lipinski definition) is 4. The molecule has 0 saturated carbocycles. The van der Waals surface area contributed by atoms with Gasteiger partial charge in [-0.15, -0.1) is 5.10 Å². The average Bonchev–Trinajstić information content (AvgIpc) is 2.71. The number of aryl methyl sites for hydroxylation is 1. The molecular weight excluding hydrogens is 300 g/mol. The molecule has 2 aromatic rings. The quantitative estimate of drug-likeness (QED) is 0.893. The first-order valence-corrected chi connectivity index (χ1v) is 5.82. The van der Waals surface area contributed by atoms with Gasteiger partial charge in [0.2, 0.25) is 5.95 Å². The highest BCUT2D eigenvalue weighted by Gasteiger charge is 2.18. The number of aromatic nitrogens is 4. The Labute approximate surface area is 117 Å². The zero-order chi connectivity index (χ0) is 13.3. The lowest BCUT2D eigenvalue weighted by molar-refractivity contribution is 0.102. The number of hydrogen-bond donors (Lipinski definition) is 2. The standard InChI is InChI=1S/C9H6Cl3N5O/c1-3-14-9(17-16-3)15-8(18)7-6(12)5(11)4(10)2-13-7/h2H,1H3,(H2,14,15,16,17,18). The molecule has 0 saturated heterocycles. The zero-order valence-corrected chi connectivity index (χ0v) is 11.2. The van der Waals surface area contributed by atoms with Gasteiger partial charge in [0.1, 0.15) is 11.5 Å². The molecule has 0 bridgehead atoms. The molecule has 0 spiro atoms. The smallest absolute Gasteiger partial charge is 0.278 e. The average molecular weight is 307 g/mol. The van der Waals surface area contributed by atoms with Crippen molar-refractivity contribution in [2.24, 2.45) is 0 Å². The maximum absolute atomic E-state index is 11.9. The molecule has 2 heterocycles. The van der Waals surface area contributed by atoms with Gasteiger partial charge < -0.3 is 0 Å². The van der Waals surface area contributed by atoms with E-state index in [2.05, 4.69) is 25.5 Å². The first kappa shape index (κ1) is 13.1. The van der Waals surface area contributed by atoms with Crippen molar-refractivity contribution >= 4 is 46.7 Å². The minimum absolute atomic E-state index is 0.0195. The van der Waals surface area contributed by atoms with Crippen LogP contribution in [0.25, 0.3) is 0 Å². The summed E-state index contributed by atoms with van der Waals surface area (Å²) in [6.45, 7) is 1.70. The molecule has 0 aromatic carbocycles. The van der Waals surface area contributed by atoms with Crippen molar-refractivity contribution in [1.29, 1.82) is 0 Å². The molecule has 0 aliphatic carbocycles. The highest BCUT2D eigenvalue weighted by molar-refractivity contribution is 6.49. The van der Waals surface area contributed by atoms with E-state index in [4.69, 9.17) is 34.8 Å². The third-order valence-corrected chi connectivity index (χ3v) is 3.20. The summed E-state index contributed by atoms with van der Waals surface area (Å²) in [4.78, 5) is 19.6. The van der Waals surface area contributed by atoms with Crippen molar-refractivity contribution in [3.05, 3.63) is 32.8 Å². The van der Waals surface area contributed by atoms with E-state index >= 15 is 0 Å². The Hall–Kier alpha value is -1.37. The van der Waals surface area contributed by atoms with Crippen LogP contribution in [-0.4, -0.2) is 26.1 Å². The van der Waals surface area contributed by atoms with Crippen LogP contribution in [0, 0.1) is 6.92 Å². The van der Waals surface area contributed by atoms with Crippen molar-refractivity contribution in [3.63, 3.8) is 0 Å². The molecule has 0 unspecified atom stereocenters. The summed E-state index contributed by atoms with van der Waals surface area (Å²) < 4.78 is 0. The van der Waals surface area contributed by atoms with Gasteiger partial charge in [0, 0.05) is 6.20 Å². The van der Waals surface area contributed by atoms with Crippen LogP contribution >= 0.6 is 34.8 Å². The minimum atomic E-state index is -0.572. The largest absolute Gasteiger partial charge is 0.288 e. The molecule has 0 fully saturated rings. The van der Waals surface area contributed by atoms with Gasteiger partial charge in [-0.3, -0.25) is 15.2 Å². The molecule has 0 aliphatic rings. The van der Waals surface area contributed by atoms with Gasteiger partial charge in [-0.2, -0.15) is 4.98 Å². The van der Waals surface area contributed by atoms with Crippen molar-refractivity contribution in [3.8, 4) is 0 Å². The number of amides is 1. The Morgan fingerprint density at radius 3 is 2.67 bits per heavy atom. The Morgan fingerprint density at radius 2 is 2.06 bits per heavy atom. The fourth-order valence-corrected chi connectivity index (χ4v) is 1.73. The molecular formula is C9H6Cl3N5O. The number of carbonyl (C=O) groups excluding carboxylic acids is 1. The third-order valence-electron chi connectivity index (χ3n) is 1.95. The number of pyridine rings is 1. The van der Waals surface area contributed by atoms with Gasteiger partial charge in [0.05, 0.1) is 15.1 Å². The number of anilines is 1.